The van der Waals surface area contributed by atoms with Crippen LogP contribution in [0.3, 0.4) is 0 Å². The number of aliphatic hydroxyl groups is 2. The maximum absolute atomic E-state index is 14.2. The Morgan fingerprint density at radius 3 is 1.42 bits per heavy atom. The Hall–Kier alpha value is -0.820. The number of hydrogen-bond donors (Lipinski definition) is 2. The summed E-state index contributed by atoms with van der Waals surface area (Å²) < 4.78 is 137. The van der Waals surface area contributed by atoms with Crippen molar-refractivity contribution in [1.82, 2.24) is 0 Å². The lowest BCUT2D eigenvalue weighted by atomic mass is 9.69. The maximum Gasteiger partial charge on any atom is 0.449 e. The van der Waals surface area contributed by atoms with Gasteiger partial charge in [0.25, 0.3) is 0 Å². The topological polar surface area (TPSA) is 49.7 Å². The molecule has 0 aromatic rings. The van der Waals surface area contributed by atoms with Gasteiger partial charge >= 0.3 is 30.0 Å². The molecule has 1 fully saturated rings. The van der Waals surface area contributed by atoms with Gasteiger partial charge in [0, 0.05) is 0 Å². The second-order valence-corrected chi connectivity index (χ2v) is 5.28. The average molecular weight is 382 g/mol. The number of alkyl halides is 10. The van der Waals surface area contributed by atoms with Gasteiger partial charge in [0.2, 0.25) is 11.2 Å². The van der Waals surface area contributed by atoms with Crippen LogP contribution in [0.5, 0.6) is 0 Å². The third kappa shape index (κ3) is 2.03. The molecule has 24 heavy (non-hydrogen) atoms. The van der Waals surface area contributed by atoms with E-state index in [1.807, 2.05) is 0 Å². The number of rotatable bonds is 2. The smallest absolute Gasteiger partial charge is 0.378 e. The molecule has 144 valence electrons. The molecule has 1 saturated heterocycles. The summed E-state index contributed by atoms with van der Waals surface area (Å²) in [6.45, 7) is 0.610. The standard InChI is InChI=1S/C11H12F10O3/c1-3-5(22)7(12,13)6(4-2,10(16,17)18)24-9(23,8(5,14)15)11(19,20)21/h22-23H,3-4H2,1-2H3. The van der Waals surface area contributed by atoms with Crippen LogP contribution in [0, 0.1) is 0 Å². The first-order valence-corrected chi connectivity index (χ1v) is 6.37. The van der Waals surface area contributed by atoms with E-state index in [2.05, 4.69) is 4.74 Å². The highest BCUT2D eigenvalue weighted by atomic mass is 19.4. The molecule has 0 amide bonds. The van der Waals surface area contributed by atoms with E-state index in [9.17, 15) is 54.1 Å². The molecule has 0 aromatic carbocycles. The SMILES string of the molecule is CCC1(O)C(F)(F)C(O)(C(F)(F)F)OC(CC)(C(F)(F)F)C1(F)F. The minimum atomic E-state index is -6.62. The van der Waals surface area contributed by atoms with Crippen molar-refractivity contribution in [3.05, 3.63) is 0 Å². The zero-order valence-electron chi connectivity index (χ0n) is 12.0. The Labute approximate surface area is 128 Å². The van der Waals surface area contributed by atoms with Gasteiger partial charge in [-0.15, -0.1) is 0 Å². The van der Waals surface area contributed by atoms with Crippen LogP contribution < -0.4 is 0 Å². The Morgan fingerprint density at radius 2 is 1.17 bits per heavy atom. The van der Waals surface area contributed by atoms with E-state index in [1.165, 1.54) is 0 Å². The quantitative estimate of drug-likeness (QED) is 0.720. The molecule has 1 aliphatic rings. The van der Waals surface area contributed by atoms with Crippen molar-refractivity contribution in [1.29, 1.82) is 0 Å². The summed E-state index contributed by atoms with van der Waals surface area (Å²) in [6, 6.07) is 0. The van der Waals surface area contributed by atoms with Crippen molar-refractivity contribution in [2.24, 2.45) is 0 Å². The molecule has 0 radical (unpaired) electrons. The van der Waals surface area contributed by atoms with Gasteiger partial charge in [-0.1, -0.05) is 13.8 Å². The molecule has 0 spiro atoms. The Balaban J connectivity index is 3.95. The highest BCUT2D eigenvalue weighted by molar-refractivity contribution is 5.23. The van der Waals surface area contributed by atoms with Crippen LogP contribution in [0.15, 0.2) is 0 Å². The van der Waals surface area contributed by atoms with Gasteiger partial charge in [0.15, 0.2) is 0 Å². The summed E-state index contributed by atoms with van der Waals surface area (Å²) in [5, 5.41) is 18.7. The summed E-state index contributed by atoms with van der Waals surface area (Å²) in [5.41, 5.74) is -10.4. The molecule has 3 unspecified atom stereocenters. The largest absolute Gasteiger partial charge is 0.449 e. The van der Waals surface area contributed by atoms with Crippen LogP contribution in [0.25, 0.3) is 0 Å². The second-order valence-electron chi connectivity index (χ2n) is 5.28. The molecule has 1 rings (SSSR count). The van der Waals surface area contributed by atoms with E-state index < -0.39 is 54.0 Å². The fourth-order valence-corrected chi connectivity index (χ4v) is 2.60. The van der Waals surface area contributed by atoms with Crippen LogP contribution in [0.4, 0.5) is 43.9 Å². The van der Waals surface area contributed by atoms with Gasteiger partial charge in [0.05, 0.1) is 0 Å². The lowest BCUT2D eigenvalue weighted by molar-refractivity contribution is -0.559. The van der Waals surface area contributed by atoms with Gasteiger partial charge in [0.1, 0.15) is 0 Å². The van der Waals surface area contributed by atoms with Crippen LogP contribution in [-0.2, 0) is 4.74 Å². The van der Waals surface area contributed by atoms with Crippen molar-refractivity contribution >= 4 is 0 Å². The van der Waals surface area contributed by atoms with Gasteiger partial charge in [-0.3, -0.25) is 0 Å². The predicted octanol–water partition coefficient (Wildman–Crippen LogP) is 3.39. The van der Waals surface area contributed by atoms with Gasteiger partial charge in [-0.05, 0) is 12.8 Å². The van der Waals surface area contributed by atoms with E-state index in [1.54, 1.807) is 0 Å². The molecule has 0 bridgehead atoms. The molecule has 0 aromatic heterocycles. The lowest BCUT2D eigenvalue weighted by Gasteiger charge is -2.59. The summed E-state index contributed by atoms with van der Waals surface area (Å²) >= 11 is 0. The van der Waals surface area contributed by atoms with Crippen molar-refractivity contribution in [3.63, 3.8) is 0 Å². The molecule has 2 N–H and O–H groups in total. The Bertz CT molecular complexity index is 495. The molecule has 1 aliphatic heterocycles. The monoisotopic (exact) mass is 382 g/mol. The highest BCUT2D eigenvalue weighted by Gasteiger charge is 2.94. The zero-order valence-corrected chi connectivity index (χ0v) is 12.0. The number of ether oxygens (including phenoxy) is 1. The van der Waals surface area contributed by atoms with Gasteiger partial charge in [-0.2, -0.15) is 43.9 Å². The molecule has 13 heteroatoms. The van der Waals surface area contributed by atoms with Crippen LogP contribution in [0.1, 0.15) is 26.7 Å². The third-order valence-electron chi connectivity index (χ3n) is 4.15. The summed E-state index contributed by atoms with van der Waals surface area (Å²) in [6.07, 6.45) is -16.9. The Morgan fingerprint density at radius 1 is 0.750 bits per heavy atom. The minimum Gasteiger partial charge on any atom is -0.378 e. The summed E-state index contributed by atoms with van der Waals surface area (Å²) in [5.74, 6) is -18.1. The van der Waals surface area contributed by atoms with E-state index in [-0.39, 0.29) is 6.92 Å². The number of halogens is 10. The second kappa shape index (κ2) is 5.10. The Kier molecular flexibility index (Phi) is 4.51. The van der Waals surface area contributed by atoms with E-state index >= 15 is 0 Å². The lowest BCUT2D eigenvalue weighted by Crippen LogP contribution is -2.87. The zero-order chi connectivity index (χ0) is 19.6. The molecule has 3 atom stereocenters. The van der Waals surface area contributed by atoms with Crippen LogP contribution in [-0.4, -0.2) is 51.4 Å². The average Bonchev–Trinajstić information content (AvgIpc) is 2.38. The highest BCUT2D eigenvalue weighted by Crippen LogP contribution is 2.66. The minimum absolute atomic E-state index is 0.289. The van der Waals surface area contributed by atoms with Crippen LogP contribution >= 0.6 is 0 Å². The normalized spacial score (nSPS) is 39.8. The van der Waals surface area contributed by atoms with Gasteiger partial charge < -0.3 is 14.9 Å². The predicted molar refractivity (Wildman–Crippen MR) is 56.3 cm³/mol. The molecule has 3 nitrogen and oxygen atoms in total. The molecule has 1 heterocycles. The van der Waals surface area contributed by atoms with Crippen molar-refractivity contribution in [2.75, 3.05) is 0 Å². The first kappa shape index (κ1) is 21.2. The molecule has 0 aliphatic carbocycles. The maximum atomic E-state index is 14.2. The van der Waals surface area contributed by atoms with Crippen molar-refractivity contribution < 1.29 is 58.9 Å². The van der Waals surface area contributed by atoms with Crippen LogP contribution in [0.2, 0.25) is 0 Å². The number of hydrogen-bond acceptors (Lipinski definition) is 3. The molecular weight excluding hydrogens is 370 g/mol. The fraction of sp³-hybridized carbons (Fsp3) is 1.00. The van der Waals surface area contributed by atoms with E-state index in [0.29, 0.717) is 6.92 Å². The fourth-order valence-electron chi connectivity index (χ4n) is 2.60. The summed E-state index contributed by atoms with van der Waals surface area (Å²) in [4.78, 5) is 0. The molecular formula is C11H12F10O3. The van der Waals surface area contributed by atoms with Crippen molar-refractivity contribution in [3.8, 4) is 0 Å². The van der Waals surface area contributed by atoms with E-state index in [0.717, 1.165) is 0 Å². The third-order valence-corrected chi connectivity index (χ3v) is 4.15. The first-order valence-electron chi connectivity index (χ1n) is 6.37. The van der Waals surface area contributed by atoms with E-state index in [4.69, 9.17) is 0 Å². The summed E-state index contributed by atoms with van der Waals surface area (Å²) in [7, 11) is 0. The van der Waals surface area contributed by atoms with Gasteiger partial charge in [-0.25, -0.2) is 0 Å². The molecule has 0 saturated carbocycles. The van der Waals surface area contributed by atoms with Crippen molar-refractivity contribution in [2.45, 2.75) is 67.9 Å². The first-order chi connectivity index (χ1) is 10.3.